The normalized spacial score (nSPS) is 19.8. The Morgan fingerprint density at radius 1 is 1.03 bits per heavy atom. The lowest BCUT2D eigenvalue weighted by Crippen LogP contribution is -2.42. The van der Waals surface area contributed by atoms with Gasteiger partial charge in [0.1, 0.15) is 24.0 Å². The highest BCUT2D eigenvalue weighted by atomic mass is 16.5. The van der Waals surface area contributed by atoms with Crippen LogP contribution in [0.25, 0.3) is 10.8 Å². The van der Waals surface area contributed by atoms with E-state index in [9.17, 15) is 14.7 Å². The van der Waals surface area contributed by atoms with Crippen LogP contribution in [-0.2, 0) is 10.3 Å². The van der Waals surface area contributed by atoms with Crippen LogP contribution in [0.2, 0.25) is 0 Å². The monoisotopic (exact) mass is 404 g/mol. The van der Waals surface area contributed by atoms with Gasteiger partial charge in [-0.25, -0.2) is 4.79 Å². The molecule has 1 aliphatic heterocycles. The molecule has 1 heterocycles. The third-order valence-corrected chi connectivity index (χ3v) is 5.52. The van der Waals surface area contributed by atoms with E-state index in [0.29, 0.717) is 11.3 Å². The van der Waals surface area contributed by atoms with Crippen molar-refractivity contribution in [1.82, 2.24) is 10.2 Å². The molecular formula is C24H24N2O4. The predicted octanol–water partition coefficient (Wildman–Crippen LogP) is 3.36. The molecule has 6 nitrogen and oxygen atoms in total. The molecule has 0 saturated carbocycles. The van der Waals surface area contributed by atoms with Crippen molar-refractivity contribution in [2.24, 2.45) is 0 Å². The molecule has 4 rings (SSSR count). The largest absolute Gasteiger partial charge is 0.491 e. The van der Waals surface area contributed by atoms with Gasteiger partial charge >= 0.3 is 6.03 Å². The van der Waals surface area contributed by atoms with Gasteiger partial charge < -0.3 is 15.2 Å². The van der Waals surface area contributed by atoms with Crippen LogP contribution in [0.4, 0.5) is 4.79 Å². The summed E-state index contributed by atoms with van der Waals surface area (Å²) in [4.78, 5) is 26.7. The Balaban J connectivity index is 1.48. The van der Waals surface area contributed by atoms with Gasteiger partial charge in [0, 0.05) is 0 Å². The summed E-state index contributed by atoms with van der Waals surface area (Å²) in [5.41, 5.74) is 0.466. The fourth-order valence-electron chi connectivity index (χ4n) is 3.73. The van der Waals surface area contributed by atoms with Crippen molar-refractivity contribution < 1.29 is 19.4 Å². The lowest BCUT2D eigenvalue weighted by Gasteiger charge is -2.23. The Labute approximate surface area is 175 Å². The number of aliphatic hydroxyl groups is 1. The van der Waals surface area contributed by atoms with Crippen LogP contribution in [-0.4, -0.2) is 41.2 Å². The number of hydrogen-bond acceptors (Lipinski definition) is 4. The molecule has 2 N–H and O–H groups in total. The van der Waals surface area contributed by atoms with Gasteiger partial charge in [-0.15, -0.1) is 0 Å². The van der Waals surface area contributed by atoms with E-state index in [1.54, 1.807) is 6.92 Å². The standard InChI is InChI=1S/C24H24N2O4/c1-16-7-3-6-10-21(16)30-15-20(27)14-26-22(28)24(2,25-23(26)29)19-12-11-17-8-4-5-9-18(17)13-19/h3-13,20,27H,14-15H2,1-2H3,(H,25,29)/t20-,24-/m1/s1. The van der Waals surface area contributed by atoms with Gasteiger partial charge in [-0.05, 0) is 47.9 Å². The minimum atomic E-state index is -1.18. The van der Waals surface area contributed by atoms with Gasteiger partial charge in [-0.2, -0.15) is 0 Å². The van der Waals surface area contributed by atoms with Crippen molar-refractivity contribution >= 4 is 22.7 Å². The molecule has 0 spiro atoms. The highest BCUT2D eigenvalue weighted by Gasteiger charge is 2.49. The first kappa shape index (κ1) is 19.9. The van der Waals surface area contributed by atoms with Crippen molar-refractivity contribution in [3.8, 4) is 5.75 Å². The number of fused-ring (bicyclic) bond motifs is 1. The number of β-amino-alcohol motifs (C(OH)–C–C–N with tert-alkyl or cyclic N) is 1. The first-order valence-electron chi connectivity index (χ1n) is 9.88. The van der Waals surface area contributed by atoms with E-state index >= 15 is 0 Å². The minimum absolute atomic E-state index is 0.0192. The van der Waals surface area contributed by atoms with Crippen molar-refractivity contribution in [2.45, 2.75) is 25.5 Å². The molecule has 6 heteroatoms. The van der Waals surface area contributed by atoms with Crippen LogP contribution in [0.1, 0.15) is 18.1 Å². The second-order valence-electron chi connectivity index (χ2n) is 7.76. The Bertz CT molecular complexity index is 1110. The van der Waals surface area contributed by atoms with E-state index < -0.39 is 23.6 Å². The molecule has 0 unspecified atom stereocenters. The number of benzene rings is 3. The molecule has 1 aliphatic rings. The average Bonchev–Trinajstić information content (AvgIpc) is 2.96. The third kappa shape index (κ3) is 3.62. The summed E-state index contributed by atoms with van der Waals surface area (Å²) >= 11 is 0. The number of carbonyl (C=O) groups excluding carboxylic acids is 2. The molecule has 3 aromatic rings. The topological polar surface area (TPSA) is 78.9 Å². The van der Waals surface area contributed by atoms with Crippen molar-refractivity contribution in [1.29, 1.82) is 0 Å². The fourth-order valence-corrected chi connectivity index (χ4v) is 3.73. The maximum Gasteiger partial charge on any atom is 0.325 e. The summed E-state index contributed by atoms with van der Waals surface area (Å²) in [7, 11) is 0. The number of urea groups is 1. The number of rotatable bonds is 6. The highest BCUT2D eigenvalue weighted by molar-refractivity contribution is 6.07. The van der Waals surface area contributed by atoms with Gasteiger partial charge in [-0.3, -0.25) is 9.69 Å². The SMILES string of the molecule is Cc1ccccc1OC[C@H](O)CN1C(=O)N[C@](C)(c2ccc3ccccc3c2)C1=O. The summed E-state index contributed by atoms with van der Waals surface area (Å²) in [6.07, 6.45) is -1.00. The van der Waals surface area contributed by atoms with Gasteiger partial charge in [0.05, 0.1) is 6.54 Å². The van der Waals surface area contributed by atoms with Crippen LogP contribution in [0, 0.1) is 6.92 Å². The lowest BCUT2D eigenvalue weighted by atomic mass is 9.90. The lowest BCUT2D eigenvalue weighted by molar-refractivity contribution is -0.132. The summed E-state index contributed by atoms with van der Waals surface area (Å²) in [6.45, 7) is 3.44. The van der Waals surface area contributed by atoms with E-state index in [-0.39, 0.29) is 13.2 Å². The summed E-state index contributed by atoms with van der Waals surface area (Å²) < 4.78 is 5.64. The van der Waals surface area contributed by atoms with E-state index in [1.165, 1.54) is 0 Å². The van der Waals surface area contributed by atoms with Gasteiger partial charge in [0.2, 0.25) is 0 Å². The minimum Gasteiger partial charge on any atom is -0.491 e. The van der Waals surface area contributed by atoms with E-state index in [2.05, 4.69) is 5.32 Å². The van der Waals surface area contributed by atoms with Crippen molar-refractivity contribution in [3.63, 3.8) is 0 Å². The molecule has 0 aromatic heterocycles. The molecule has 1 saturated heterocycles. The Morgan fingerprint density at radius 2 is 1.73 bits per heavy atom. The Kier molecular flexibility index (Phi) is 5.18. The number of imide groups is 1. The van der Waals surface area contributed by atoms with Crippen LogP contribution in [0.15, 0.2) is 66.7 Å². The van der Waals surface area contributed by atoms with Crippen molar-refractivity contribution in [3.05, 3.63) is 77.9 Å². The van der Waals surface area contributed by atoms with E-state index in [1.807, 2.05) is 73.7 Å². The summed E-state index contributed by atoms with van der Waals surface area (Å²) in [5.74, 6) is 0.271. The van der Waals surface area contributed by atoms with Gasteiger partial charge in [0.15, 0.2) is 0 Å². The number of para-hydroxylation sites is 1. The highest BCUT2D eigenvalue weighted by Crippen LogP contribution is 2.31. The molecule has 30 heavy (non-hydrogen) atoms. The maximum absolute atomic E-state index is 13.1. The zero-order valence-corrected chi connectivity index (χ0v) is 17.0. The molecule has 0 bridgehead atoms. The smallest absolute Gasteiger partial charge is 0.325 e. The average molecular weight is 404 g/mol. The molecule has 1 fully saturated rings. The molecule has 0 aliphatic carbocycles. The van der Waals surface area contributed by atoms with Crippen LogP contribution >= 0.6 is 0 Å². The first-order chi connectivity index (χ1) is 14.4. The second kappa shape index (κ2) is 7.80. The number of nitrogens with one attached hydrogen (secondary N) is 1. The number of aryl methyl sites for hydroxylation is 1. The maximum atomic E-state index is 13.1. The molecule has 3 aromatic carbocycles. The van der Waals surface area contributed by atoms with Crippen molar-refractivity contribution in [2.75, 3.05) is 13.2 Å². The quantitative estimate of drug-likeness (QED) is 0.618. The van der Waals surface area contributed by atoms with E-state index in [0.717, 1.165) is 21.2 Å². The van der Waals surface area contributed by atoms with Crippen LogP contribution in [0.5, 0.6) is 5.75 Å². The molecule has 0 radical (unpaired) electrons. The fraction of sp³-hybridized carbons (Fsp3) is 0.250. The Hall–Kier alpha value is -3.38. The number of amides is 3. The van der Waals surface area contributed by atoms with Gasteiger partial charge in [-0.1, -0.05) is 54.6 Å². The Morgan fingerprint density at radius 3 is 2.50 bits per heavy atom. The molecule has 2 atom stereocenters. The second-order valence-corrected chi connectivity index (χ2v) is 7.76. The summed E-state index contributed by atoms with van der Waals surface area (Å²) in [6, 6.07) is 20.5. The van der Waals surface area contributed by atoms with Crippen LogP contribution < -0.4 is 10.1 Å². The van der Waals surface area contributed by atoms with Gasteiger partial charge in [0.25, 0.3) is 5.91 Å². The zero-order chi connectivity index (χ0) is 21.3. The molecule has 3 amide bonds. The molecular weight excluding hydrogens is 380 g/mol. The third-order valence-electron chi connectivity index (χ3n) is 5.52. The molecule has 154 valence electrons. The number of hydrogen-bond donors (Lipinski definition) is 2. The zero-order valence-electron chi connectivity index (χ0n) is 17.0. The predicted molar refractivity (Wildman–Crippen MR) is 114 cm³/mol. The number of ether oxygens (including phenoxy) is 1. The number of aliphatic hydroxyl groups excluding tert-OH is 1. The van der Waals surface area contributed by atoms with E-state index in [4.69, 9.17) is 4.74 Å². The number of carbonyl (C=O) groups is 2. The summed E-state index contributed by atoms with van der Waals surface area (Å²) in [5, 5.41) is 15.2. The number of nitrogens with zero attached hydrogens (tertiary/aromatic N) is 1. The first-order valence-corrected chi connectivity index (χ1v) is 9.88. The van der Waals surface area contributed by atoms with Crippen LogP contribution in [0.3, 0.4) is 0 Å².